The fourth-order valence-corrected chi connectivity index (χ4v) is 4.60. The monoisotopic (exact) mass is 377 g/mol. The van der Waals surface area contributed by atoms with E-state index < -0.39 is 0 Å². The van der Waals surface area contributed by atoms with Gasteiger partial charge in [-0.15, -0.1) is 0 Å². The second-order valence-electron chi connectivity index (χ2n) is 8.68. The number of carbonyl (C=O) groups is 1. The van der Waals surface area contributed by atoms with Crippen LogP contribution in [0.3, 0.4) is 0 Å². The lowest BCUT2D eigenvalue weighted by molar-refractivity contribution is -0.128. The smallest absolute Gasteiger partial charge is 0.222 e. The number of hydrogen-bond donors (Lipinski definition) is 2. The Morgan fingerprint density at radius 3 is 2.78 bits per heavy atom. The summed E-state index contributed by atoms with van der Waals surface area (Å²) in [5.74, 6) is 1.33. The van der Waals surface area contributed by atoms with Crippen molar-refractivity contribution in [3.8, 4) is 0 Å². The minimum atomic E-state index is -0.383. The second-order valence-corrected chi connectivity index (χ2v) is 8.68. The van der Waals surface area contributed by atoms with Gasteiger partial charge in [-0.05, 0) is 50.4 Å². The molecule has 2 aliphatic rings. The first-order chi connectivity index (χ1) is 12.9. The van der Waals surface area contributed by atoms with Crippen LogP contribution in [0.4, 0.5) is 0 Å². The lowest BCUT2D eigenvalue weighted by Gasteiger charge is -2.19. The highest BCUT2D eigenvalue weighted by atomic mass is 16.3. The van der Waals surface area contributed by atoms with Crippen LogP contribution in [-0.2, 0) is 4.79 Å². The van der Waals surface area contributed by atoms with Crippen molar-refractivity contribution in [2.24, 2.45) is 17.8 Å². The van der Waals surface area contributed by atoms with Gasteiger partial charge in [-0.25, -0.2) is 0 Å². The maximum atomic E-state index is 11.6. The predicted molar refractivity (Wildman–Crippen MR) is 110 cm³/mol. The highest BCUT2D eigenvalue weighted by molar-refractivity contribution is 5.75. The topological polar surface area (TPSA) is 60.8 Å². The Bertz CT molecular complexity index is 526. The summed E-state index contributed by atoms with van der Waals surface area (Å²) in [7, 11) is 3.62. The molecule has 2 aliphatic carbocycles. The number of allylic oxidation sites excluding steroid dienone is 2. The summed E-state index contributed by atoms with van der Waals surface area (Å²) in [5.41, 5.74) is 1.50. The molecule has 0 saturated heterocycles. The van der Waals surface area contributed by atoms with E-state index in [1.807, 2.05) is 20.2 Å². The van der Waals surface area contributed by atoms with Gasteiger partial charge < -0.3 is 15.1 Å². The van der Waals surface area contributed by atoms with E-state index in [-0.39, 0.29) is 24.0 Å². The normalized spacial score (nSPS) is 28.4. The van der Waals surface area contributed by atoms with Crippen molar-refractivity contribution in [1.29, 1.82) is 0 Å². The quantitative estimate of drug-likeness (QED) is 0.421. The van der Waals surface area contributed by atoms with E-state index in [0.29, 0.717) is 18.3 Å². The Kier molecular flexibility index (Phi) is 9.04. The summed E-state index contributed by atoms with van der Waals surface area (Å²) in [4.78, 5) is 13.3. The summed E-state index contributed by atoms with van der Waals surface area (Å²) in [6.45, 7) is 2.17. The molecule has 0 aliphatic heterocycles. The highest BCUT2D eigenvalue weighted by Crippen LogP contribution is 2.48. The number of carbonyl (C=O) groups excluding carboxylic acids is 1. The molecule has 4 heteroatoms. The lowest BCUT2D eigenvalue weighted by atomic mass is 9.88. The summed E-state index contributed by atoms with van der Waals surface area (Å²) < 4.78 is 0. The summed E-state index contributed by atoms with van der Waals surface area (Å²) in [6.07, 6.45) is 15.5. The summed E-state index contributed by atoms with van der Waals surface area (Å²) in [6, 6.07) is 0. The van der Waals surface area contributed by atoms with Gasteiger partial charge in [0.15, 0.2) is 0 Å². The number of rotatable bonds is 11. The van der Waals surface area contributed by atoms with Crippen LogP contribution in [0.15, 0.2) is 23.8 Å². The molecule has 2 N–H and O–H groups in total. The number of aliphatic hydroxyl groups excluding tert-OH is 2. The zero-order valence-electron chi connectivity index (χ0n) is 17.4. The zero-order valence-corrected chi connectivity index (χ0v) is 17.4. The first-order valence-corrected chi connectivity index (χ1v) is 10.9. The number of fused-ring (bicyclic) bond motifs is 1. The molecule has 0 heterocycles. The first-order valence-electron chi connectivity index (χ1n) is 10.9. The van der Waals surface area contributed by atoms with Crippen LogP contribution in [0.2, 0.25) is 0 Å². The van der Waals surface area contributed by atoms with Gasteiger partial charge >= 0.3 is 0 Å². The van der Waals surface area contributed by atoms with Gasteiger partial charge in [0.05, 0.1) is 12.2 Å². The van der Waals surface area contributed by atoms with E-state index in [0.717, 1.165) is 51.4 Å². The summed E-state index contributed by atoms with van der Waals surface area (Å²) in [5, 5.41) is 20.6. The van der Waals surface area contributed by atoms with E-state index in [1.54, 1.807) is 4.90 Å². The third kappa shape index (κ3) is 6.76. The zero-order chi connectivity index (χ0) is 19.8. The molecule has 5 atom stereocenters. The van der Waals surface area contributed by atoms with E-state index in [1.165, 1.54) is 12.0 Å². The van der Waals surface area contributed by atoms with Gasteiger partial charge in [0.2, 0.25) is 5.91 Å². The SMILES string of the molecule is CCCCCC(O)/C=C/C1C(O)CC2C=C(CCCCC(=O)N(C)C)CC21. The Hall–Kier alpha value is -1.13. The molecule has 154 valence electrons. The summed E-state index contributed by atoms with van der Waals surface area (Å²) >= 11 is 0. The number of amides is 1. The van der Waals surface area contributed by atoms with Gasteiger partial charge in [0.25, 0.3) is 0 Å². The number of hydrogen-bond acceptors (Lipinski definition) is 3. The van der Waals surface area contributed by atoms with Crippen LogP contribution < -0.4 is 0 Å². The molecule has 0 aromatic carbocycles. The van der Waals surface area contributed by atoms with Crippen LogP contribution in [-0.4, -0.2) is 47.3 Å². The van der Waals surface area contributed by atoms with Crippen LogP contribution >= 0.6 is 0 Å². The molecule has 0 spiro atoms. The molecule has 0 aromatic heterocycles. The Morgan fingerprint density at radius 1 is 1.30 bits per heavy atom. The van der Waals surface area contributed by atoms with Crippen molar-refractivity contribution in [2.75, 3.05) is 14.1 Å². The van der Waals surface area contributed by atoms with Crippen molar-refractivity contribution in [3.63, 3.8) is 0 Å². The third-order valence-corrected chi connectivity index (χ3v) is 6.25. The molecule has 0 bridgehead atoms. The molecule has 4 nitrogen and oxygen atoms in total. The average molecular weight is 378 g/mol. The minimum Gasteiger partial charge on any atom is -0.392 e. The number of unbranched alkanes of at least 4 members (excludes halogenated alkanes) is 3. The Labute approximate surface area is 165 Å². The van der Waals surface area contributed by atoms with Crippen molar-refractivity contribution in [1.82, 2.24) is 4.90 Å². The molecule has 0 radical (unpaired) electrons. The highest BCUT2D eigenvalue weighted by Gasteiger charge is 2.43. The average Bonchev–Trinajstić information content (AvgIpc) is 3.13. The van der Waals surface area contributed by atoms with Gasteiger partial charge in [-0.2, -0.15) is 0 Å². The molecule has 1 saturated carbocycles. The maximum Gasteiger partial charge on any atom is 0.222 e. The number of aliphatic hydroxyl groups is 2. The Morgan fingerprint density at radius 2 is 2.07 bits per heavy atom. The van der Waals surface area contributed by atoms with Crippen molar-refractivity contribution in [3.05, 3.63) is 23.8 Å². The maximum absolute atomic E-state index is 11.6. The van der Waals surface area contributed by atoms with E-state index in [9.17, 15) is 15.0 Å². The van der Waals surface area contributed by atoms with Gasteiger partial charge in [-0.1, -0.05) is 50.0 Å². The predicted octanol–water partition coefficient (Wildman–Crippen LogP) is 4.08. The lowest BCUT2D eigenvalue weighted by Crippen LogP contribution is -2.21. The molecule has 1 fully saturated rings. The van der Waals surface area contributed by atoms with E-state index in [2.05, 4.69) is 19.1 Å². The molecule has 5 unspecified atom stereocenters. The van der Waals surface area contributed by atoms with E-state index in [4.69, 9.17) is 0 Å². The van der Waals surface area contributed by atoms with Crippen molar-refractivity contribution >= 4 is 5.91 Å². The fraction of sp³-hybridized carbons (Fsp3) is 0.783. The van der Waals surface area contributed by atoms with Crippen LogP contribution in [0.5, 0.6) is 0 Å². The van der Waals surface area contributed by atoms with Gasteiger partial charge in [0.1, 0.15) is 0 Å². The second kappa shape index (κ2) is 11.0. The van der Waals surface area contributed by atoms with Gasteiger partial charge in [0, 0.05) is 26.4 Å². The molecule has 0 aromatic rings. The van der Waals surface area contributed by atoms with Crippen LogP contribution in [0.1, 0.15) is 71.1 Å². The first kappa shape index (κ1) is 22.2. The molecular formula is C23H39NO3. The minimum absolute atomic E-state index is 0.167. The fourth-order valence-electron chi connectivity index (χ4n) is 4.60. The molecule has 27 heavy (non-hydrogen) atoms. The molecule has 1 amide bonds. The number of nitrogens with zero attached hydrogens (tertiary/aromatic N) is 1. The van der Waals surface area contributed by atoms with E-state index >= 15 is 0 Å². The molecular weight excluding hydrogens is 338 g/mol. The van der Waals surface area contributed by atoms with Crippen LogP contribution in [0, 0.1) is 17.8 Å². The largest absolute Gasteiger partial charge is 0.392 e. The Balaban J connectivity index is 1.76. The third-order valence-electron chi connectivity index (χ3n) is 6.25. The van der Waals surface area contributed by atoms with Crippen molar-refractivity contribution in [2.45, 2.75) is 83.3 Å². The standard InChI is InChI=1S/C23H39NO3/c1-4-5-6-10-19(25)12-13-20-21-15-17(14-18(21)16-22(20)26)9-7-8-11-23(27)24(2)3/h12-14,18-22,25-26H,4-11,15-16H2,1-3H3/b13-12+. The van der Waals surface area contributed by atoms with Gasteiger partial charge in [-0.3, -0.25) is 4.79 Å². The van der Waals surface area contributed by atoms with Crippen LogP contribution in [0.25, 0.3) is 0 Å². The molecule has 2 rings (SSSR count). The van der Waals surface area contributed by atoms with Crippen molar-refractivity contribution < 1.29 is 15.0 Å².